The fraction of sp³-hybridized carbons (Fsp3) is 0.250. The summed E-state index contributed by atoms with van der Waals surface area (Å²) in [5.74, 6) is 2.38. The van der Waals surface area contributed by atoms with E-state index in [2.05, 4.69) is 0 Å². The van der Waals surface area contributed by atoms with Gasteiger partial charge in [-0.1, -0.05) is 30.3 Å². The van der Waals surface area contributed by atoms with Gasteiger partial charge in [0.1, 0.15) is 29.6 Å². The molecule has 0 heterocycles. The van der Waals surface area contributed by atoms with Crippen molar-refractivity contribution >= 4 is 11.9 Å². The van der Waals surface area contributed by atoms with Crippen LogP contribution in [0.2, 0.25) is 0 Å². The number of carbonyl (C=O) groups is 1. The zero-order chi connectivity index (χ0) is 23.5. The highest BCUT2D eigenvalue weighted by molar-refractivity contribution is 6.08. The summed E-state index contributed by atoms with van der Waals surface area (Å²) in [6, 6.07) is 20.8. The van der Waals surface area contributed by atoms with Crippen molar-refractivity contribution in [3.05, 3.63) is 89.5 Å². The van der Waals surface area contributed by atoms with E-state index in [9.17, 15) is 4.79 Å². The van der Waals surface area contributed by atoms with Crippen LogP contribution >= 0.6 is 0 Å². The summed E-state index contributed by atoms with van der Waals surface area (Å²) in [5, 5.41) is 0. The predicted octanol–water partition coefficient (Wildman–Crippen LogP) is 6.36. The third-order valence-corrected chi connectivity index (χ3v) is 4.78. The first-order chi connectivity index (χ1) is 16.1. The van der Waals surface area contributed by atoms with Gasteiger partial charge in [-0.15, -0.1) is 0 Å². The minimum Gasteiger partial charge on any atom is -0.494 e. The van der Waals surface area contributed by atoms with Gasteiger partial charge in [0.15, 0.2) is 5.78 Å². The van der Waals surface area contributed by atoms with Crippen molar-refractivity contribution in [3.8, 4) is 23.0 Å². The monoisotopic (exact) mass is 446 g/mol. The summed E-state index contributed by atoms with van der Waals surface area (Å²) in [7, 11) is 0. The number of rotatable bonds is 12. The van der Waals surface area contributed by atoms with Crippen molar-refractivity contribution in [1.29, 1.82) is 0 Å². The van der Waals surface area contributed by atoms with Crippen molar-refractivity contribution in [2.75, 3.05) is 19.8 Å². The largest absolute Gasteiger partial charge is 0.494 e. The molecule has 172 valence electrons. The maximum Gasteiger partial charge on any atom is 0.189 e. The van der Waals surface area contributed by atoms with Crippen molar-refractivity contribution in [2.45, 2.75) is 27.4 Å². The van der Waals surface area contributed by atoms with Gasteiger partial charge in [-0.2, -0.15) is 0 Å². The van der Waals surface area contributed by atoms with Crippen LogP contribution in [0.25, 0.3) is 6.08 Å². The fourth-order valence-corrected chi connectivity index (χ4v) is 3.26. The molecule has 0 saturated heterocycles. The van der Waals surface area contributed by atoms with E-state index in [4.69, 9.17) is 18.9 Å². The lowest BCUT2D eigenvalue weighted by atomic mass is 10.1. The maximum atomic E-state index is 12.9. The smallest absolute Gasteiger partial charge is 0.189 e. The Morgan fingerprint density at radius 2 is 1.36 bits per heavy atom. The number of hydrogen-bond donors (Lipinski definition) is 0. The summed E-state index contributed by atoms with van der Waals surface area (Å²) >= 11 is 0. The van der Waals surface area contributed by atoms with E-state index < -0.39 is 0 Å². The van der Waals surface area contributed by atoms with Gasteiger partial charge in [-0.25, -0.2) is 0 Å². The third kappa shape index (κ3) is 6.88. The standard InChI is InChI=1S/C28H30O5/c1-4-30-23-15-16-25(28(19-23)32-6-3)26(29)17-13-22-12-14-24(18-27(22)31-5-2)33-20-21-10-8-7-9-11-21/h7-19H,4-6,20H2,1-3H3. The molecule has 0 amide bonds. The van der Waals surface area contributed by atoms with Crippen LogP contribution in [0.4, 0.5) is 0 Å². The van der Waals surface area contributed by atoms with Gasteiger partial charge in [0.05, 0.1) is 25.4 Å². The van der Waals surface area contributed by atoms with Crippen LogP contribution in [0.15, 0.2) is 72.8 Å². The van der Waals surface area contributed by atoms with Gasteiger partial charge in [0.25, 0.3) is 0 Å². The van der Waals surface area contributed by atoms with E-state index in [0.717, 1.165) is 11.1 Å². The molecule has 0 unspecified atom stereocenters. The second-order valence-corrected chi connectivity index (χ2v) is 7.13. The molecule has 0 radical (unpaired) electrons. The Balaban J connectivity index is 1.77. The highest BCUT2D eigenvalue weighted by atomic mass is 16.5. The summed E-state index contributed by atoms with van der Waals surface area (Å²) in [6.07, 6.45) is 3.28. The van der Waals surface area contributed by atoms with Gasteiger partial charge >= 0.3 is 0 Å². The Kier molecular flexibility index (Phi) is 8.95. The molecule has 3 rings (SSSR count). The molecule has 0 N–H and O–H groups in total. The predicted molar refractivity (Wildman–Crippen MR) is 131 cm³/mol. The van der Waals surface area contributed by atoms with Crippen LogP contribution in [-0.2, 0) is 6.61 Å². The maximum absolute atomic E-state index is 12.9. The summed E-state index contributed by atoms with van der Waals surface area (Å²) in [5.41, 5.74) is 2.36. The summed E-state index contributed by atoms with van der Waals surface area (Å²) in [4.78, 5) is 12.9. The Morgan fingerprint density at radius 3 is 2.09 bits per heavy atom. The molecule has 33 heavy (non-hydrogen) atoms. The first-order valence-electron chi connectivity index (χ1n) is 11.2. The van der Waals surface area contributed by atoms with Crippen molar-refractivity contribution in [2.24, 2.45) is 0 Å². The van der Waals surface area contributed by atoms with Crippen LogP contribution in [0, 0.1) is 0 Å². The SMILES string of the molecule is CCOc1ccc(C(=O)C=Cc2ccc(OCc3ccccc3)cc2OCC)c(OCC)c1. The number of ether oxygens (including phenoxy) is 4. The Morgan fingerprint density at radius 1 is 0.727 bits per heavy atom. The minimum atomic E-state index is -0.159. The molecule has 5 nitrogen and oxygen atoms in total. The molecule has 0 spiro atoms. The van der Waals surface area contributed by atoms with Crippen LogP contribution in [0.5, 0.6) is 23.0 Å². The molecule has 0 aliphatic heterocycles. The molecule has 3 aromatic rings. The first kappa shape index (κ1) is 23.9. The molecule has 0 fully saturated rings. The quantitative estimate of drug-likeness (QED) is 0.239. The van der Waals surface area contributed by atoms with Gasteiger partial charge in [-0.05, 0) is 62.8 Å². The number of hydrogen-bond acceptors (Lipinski definition) is 5. The van der Waals surface area contributed by atoms with Crippen molar-refractivity contribution in [1.82, 2.24) is 0 Å². The molecular formula is C28H30O5. The average Bonchev–Trinajstić information content (AvgIpc) is 2.83. The molecule has 0 aliphatic carbocycles. The van der Waals surface area contributed by atoms with Crippen LogP contribution in [0.3, 0.4) is 0 Å². The van der Waals surface area contributed by atoms with E-state index >= 15 is 0 Å². The number of allylic oxidation sites excluding steroid dienone is 1. The second-order valence-electron chi connectivity index (χ2n) is 7.13. The first-order valence-corrected chi connectivity index (χ1v) is 11.2. The van der Waals surface area contributed by atoms with E-state index in [0.29, 0.717) is 55.0 Å². The summed E-state index contributed by atoms with van der Waals surface area (Å²) < 4.78 is 22.9. The Bertz CT molecular complexity index is 1070. The molecule has 0 saturated carbocycles. The Hall–Kier alpha value is -3.73. The second kappa shape index (κ2) is 12.3. The highest BCUT2D eigenvalue weighted by Crippen LogP contribution is 2.29. The lowest BCUT2D eigenvalue weighted by Gasteiger charge is -2.12. The summed E-state index contributed by atoms with van der Waals surface area (Å²) in [6.45, 7) is 7.69. The Labute approximate surface area is 195 Å². The zero-order valence-corrected chi connectivity index (χ0v) is 19.4. The van der Waals surface area contributed by atoms with Crippen LogP contribution < -0.4 is 18.9 Å². The van der Waals surface area contributed by atoms with E-state index in [1.165, 1.54) is 6.08 Å². The van der Waals surface area contributed by atoms with Gasteiger partial charge < -0.3 is 18.9 Å². The topological polar surface area (TPSA) is 54.0 Å². The van der Waals surface area contributed by atoms with E-state index in [1.807, 2.05) is 69.3 Å². The van der Waals surface area contributed by atoms with E-state index in [1.54, 1.807) is 24.3 Å². The number of carbonyl (C=O) groups excluding carboxylic acids is 1. The normalized spacial score (nSPS) is 10.8. The molecule has 0 aliphatic rings. The molecule has 5 heteroatoms. The van der Waals surface area contributed by atoms with Gasteiger partial charge in [-0.3, -0.25) is 4.79 Å². The van der Waals surface area contributed by atoms with Crippen LogP contribution in [-0.4, -0.2) is 25.6 Å². The molecule has 3 aromatic carbocycles. The van der Waals surface area contributed by atoms with Crippen molar-refractivity contribution in [3.63, 3.8) is 0 Å². The van der Waals surface area contributed by atoms with E-state index in [-0.39, 0.29) is 5.78 Å². The molecule has 0 aromatic heterocycles. The highest BCUT2D eigenvalue weighted by Gasteiger charge is 2.12. The minimum absolute atomic E-state index is 0.159. The zero-order valence-electron chi connectivity index (χ0n) is 19.4. The lowest BCUT2D eigenvalue weighted by Crippen LogP contribution is -2.03. The van der Waals surface area contributed by atoms with Gasteiger partial charge in [0.2, 0.25) is 0 Å². The molecule has 0 atom stereocenters. The van der Waals surface area contributed by atoms with Crippen LogP contribution in [0.1, 0.15) is 42.3 Å². The number of benzene rings is 3. The van der Waals surface area contributed by atoms with Gasteiger partial charge in [0, 0.05) is 17.7 Å². The average molecular weight is 447 g/mol. The molecular weight excluding hydrogens is 416 g/mol. The molecule has 0 bridgehead atoms. The number of ketones is 1. The fourth-order valence-electron chi connectivity index (χ4n) is 3.26. The third-order valence-electron chi connectivity index (χ3n) is 4.78. The van der Waals surface area contributed by atoms with Crippen molar-refractivity contribution < 1.29 is 23.7 Å². The lowest BCUT2D eigenvalue weighted by molar-refractivity contribution is 0.104.